The van der Waals surface area contributed by atoms with Gasteiger partial charge in [0.15, 0.2) is 5.71 Å². The lowest BCUT2D eigenvalue weighted by molar-refractivity contribution is -0.115. The second-order valence-electron chi connectivity index (χ2n) is 5.31. The van der Waals surface area contributed by atoms with Crippen LogP contribution in [0.4, 0.5) is 0 Å². The van der Waals surface area contributed by atoms with Gasteiger partial charge >= 0.3 is 0 Å². The van der Waals surface area contributed by atoms with Crippen molar-refractivity contribution in [3.05, 3.63) is 35.9 Å². The van der Waals surface area contributed by atoms with Gasteiger partial charge in [0.05, 0.1) is 0 Å². The topological polar surface area (TPSA) is 50.7 Å². The number of nitrogens with one attached hydrogen (secondary N) is 1. The molecule has 116 valence electrons. The minimum atomic E-state index is -0.342. The molecule has 0 saturated heterocycles. The smallest absolute Gasteiger partial charge is 0.273 e. The monoisotopic (exact) mass is 290 g/mol. The molecule has 0 aliphatic carbocycles. The second-order valence-corrected chi connectivity index (χ2v) is 5.31. The van der Waals surface area contributed by atoms with Crippen LogP contribution in [0.2, 0.25) is 0 Å². The van der Waals surface area contributed by atoms with Gasteiger partial charge in [0.1, 0.15) is 5.60 Å². The van der Waals surface area contributed by atoms with E-state index in [0.717, 1.165) is 24.8 Å². The van der Waals surface area contributed by atoms with Crippen LogP contribution in [0.15, 0.2) is 35.5 Å². The fraction of sp³-hybridized carbons (Fsp3) is 0.529. The van der Waals surface area contributed by atoms with Gasteiger partial charge in [-0.1, -0.05) is 56.3 Å². The Balaban J connectivity index is 2.99. The summed E-state index contributed by atoms with van der Waals surface area (Å²) < 4.78 is 0. The number of amides is 1. The first-order valence-corrected chi connectivity index (χ1v) is 7.66. The Kier molecular flexibility index (Phi) is 6.92. The quantitative estimate of drug-likeness (QED) is 0.588. The molecule has 0 heterocycles. The van der Waals surface area contributed by atoms with E-state index in [9.17, 15) is 4.79 Å². The van der Waals surface area contributed by atoms with Gasteiger partial charge in [0.25, 0.3) is 5.91 Å². The molecule has 0 aliphatic heterocycles. The molecule has 0 spiro atoms. The normalized spacial score (nSPS) is 12.1. The third-order valence-corrected chi connectivity index (χ3v) is 3.65. The Morgan fingerprint density at radius 1 is 1.19 bits per heavy atom. The fourth-order valence-corrected chi connectivity index (χ4v) is 1.68. The van der Waals surface area contributed by atoms with Gasteiger partial charge in [-0.15, -0.1) is 0 Å². The molecule has 4 nitrogen and oxygen atoms in total. The number of hydrogen-bond donors (Lipinski definition) is 1. The van der Waals surface area contributed by atoms with Crippen molar-refractivity contribution in [1.82, 2.24) is 5.32 Å². The summed E-state index contributed by atoms with van der Waals surface area (Å²) in [6, 6.07) is 9.41. The highest BCUT2D eigenvalue weighted by Crippen LogP contribution is 2.20. The van der Waals surface area contributed by atoms with E-state index in [-0.39, 0.29) is 11.5 Å². The van der Waals surface area contributed by atoms with Crippen LogP contribution in [0, 0.1) is 0 Å². The van der Waals surface area contributed by atoms with Crippen LogP contribution >= 0.6 is 0 Å². The average molecular weight is 290 g/mol. The Hall–Kier alpha value is -1.84. The summed E-state index contributed by atoms with van der Waals surface area (Å²) in [4.78, 5) is 17.9. The van der Waals surface area contributed by atoms with Crippen LogP contribution in [-0.2, 0) is 9.63 Å². The maximum absolute atomic E-state index is 12.3. The first-order valence-electron chi connectivity index (χ1n) is 7.66. The number of nitrogens with zero attached hydrogens (tertiary/aromatic N) is 1. The summed E-state index contributed by atoms with van der Waals surface area (Å²) in [5.74, 6) is -0.197. The van der Waals surface area contributed by atoms with Crippen molar-refractivity contribution in [2.45, 2.75) is 52.6 Å². The maximum atomic E-state index is 12.3. The number of hydrogen-bond acceptors (Lipinski definition) is 3. The zero-order valence-corrected chi connectivity index (χ0v) is 13.5. The number of oxime groups is 1. The zero-order valence-electron chi connectivity index (χ0n) is 13.5. The van der Waals surface area contributed by atoms with Crippen LogP contribution in [0.5, 0.6) is 0 Å². The number of carbonyl (C=O) groups excluding carboxylic acids is 1. The van der Waals surface area contributed by atoms with Gasteiger partial charge in [-0.2, -0.15) is 0 Å². The molecule has 0 atom stereocenters. The Morgan fingerprint density at radius 3 is 2.33 bits per heavy atom. The minimum absolute atomic E-state index is 0.197. The summed E-state index contributed by atoms with van der Waals surface area (Å²) in [5, 5.41) is 7.02. The zero-order chi connectivity index (χ0) is 15.7. The molecule has 21 heavy (non-hydrogen) atoms. The van der Waals surface area contributed by atoms with Gasteiger partial charge in [0, 0.05) is 12.1 Å². The van der Waals surface area contributed by atoms with Crippen LogP contribution < -0.4 is 5.32 Å². The molecule has 0 saturated carbocycles. The molecule has 4 heteroatoms. The van der Waals surface area contributed by atoms with Crippen LogP contribution in [-0.4, -0.2) is 23.8 Å². The highest BCUT2D eigenvalue weighted by Gasteiger charge is 2.23. The van der Waals surface area contributed by atoms with Crippen molar-refractivity contribution >= 4 is 11.6 Å². The molecule has 0 bridgehead atoms. The lowest BCUT2D eigenvalue weighted by Crippen LogP contribution is -2.33. The van der Waals surface area contributed by atoms with Gasteiger partial charge in [-0.25, -0.2) is 0 Å². The van der Waals surface area contributed by atoms with E-state index in [2.05, 4.69) is 24.3 Å². The Morgan fingerprint density at radius 2 is 1.81 bits per heavy atom. The molecule has 0 aromatic heterocycles. The Bertz CT molecular complexity index is 465. The number of benzene rings is 1. The van der Waals surface area contributed by atoms with Gasteiger partial charge in [-0.3, -0.25) is 4.79 Å². The molecule has 1 aromatic rings. The molecule has 0 aliphatic rings. The van der Waals surface area contributed by atoms with E-state index in [1.807, 2.05) is 44.2 Å². The third-order valence-electron chi connectivity index (χ3n) is 3.65. The van der Waals surface area contributed by atoms with Crippen molar-refractivity contribution in [3.63, 3.8) is 0 Å². The van der Waals surface area contributed by atoms with E-state index in [1.54, 1.807) is 0 Å². The molecule has 0 radical (unpaired) electrons. The molecule has 0 fully saturated rings. The third kappa shape index (κ3) is 5.21. The lowest BCUT2D eigenvalue weighted by atomic mass is 10.0. The van der Waals surface area contributed by atoms with Crippen LogP contribution in [0.1, 0.15) is 52.5 Å². The largest absolute Gasteiger partial charge is 0.389 e. The van der Waals surface area contributed by atoms with E-state index >= 15 is 0 Å². The first kappa shape index (κ1) is 17.2. The molecule has 1 aromatic carbocycles. The van der Waals surface area contributed by atoms with E-state index in [4.69, 9.17) is 4.84 Å². The van der Waals surface area contributed by atoms with Crippen LogP contribution in [0.25, 0.3) is 0 Å². The predicted octanol–water partition coefficient (Wildman–Crippen LogP) is 3.51. The number of rotatable bonds is 8. The van der Waals surface area contributed by atoms with E-state index < -0.39 is 0 Å². The molecule has 1 N–H and O–H groups in total. The molecule has 0 unspecified atom stereocenters. The highest BCUT2D eigenvalue weighted by molar-refractivity contribution is 6.45. The van der Waals surface area contributed by atoms with Gasteiger partial charge in [0.2, 0.25) is 0 Å². The molecule has 1 amide bonds. The van der Waals surface area contributed by atoms with Crippen molar-refractivity contribution in [2.75, 3.05) is 6.54 Å². The van der Waals surface area contributed by atoms with Gasteiger partial charge in [-0.05, 0) is 26.2 Å². The fourth-order valence-electron chi connectivity index (χ4n) is 1.68. The van der Waals surface area contributed by atoms with Crippen molar-refractivity contribution in [2.24, 2.45) is 5.16 Å². The van der Waals surface area contributed by atoms with E-state index in [1.165, 1.54) is 0 Å². The summed E-state index contributed by atoms with van der Waals surface area (Å²) in [5.41, 5.74) is 0.753. The summed E-state index contributed by atoms with van der Waals surface area (Å²) in [6.07, 6.45) is 2.56. The molecular weight excluding hydrogens is 264 g/mol. The Labute approximate surface area is 127 Å². The lowest BCUT2D eigenvalue weighted by Gasteiger charge is -2.24. The van der Waals surface area contributed by atoms with Gasteiger partial charge < -0.3 is 10.2 Å². The standard InChI is InChI=1S/C17H26N2O2/c1-5-13-18-16(20)15(14-11-9-8-10-12-14)19-21-17(4,6-2)7-3/h8-12H,5-7,13H2,1-4H3,(H,18,20)/b19-15+. The van der Waals surface area contributed by atoms with E-state index in [0.29, 0.717) is 12.3 Å². The predicted molar refractivity (Wildman–Crippen MR) is 86.4 cm³/mol. The highest BCUT2D eigenvalue weighted by atomic mass is 16.6. The van der Waals surface area contributed by atoms with Crippen molar-refractivity contribution < 1.29 is 9.63 Å². The molecular formula is C17H26N2O2. The number of carbonyl (C=O) groups is 1. The summed E-state index contributed by atoms with van der Waals surface area (Å²) in [7, 11) is 0. The van der Waals surface area contributed by atoms with Crippen molar-refractivity contribution in [1.29, 1.82) is 0 Å². The van der Waals surface area contributed by atoms with Crippen LogP contribution in [0.3, 0.4) is 0 Å². The first-order chi connectivity index (χ1) is 10.1. The molecule has 1 rings (SSSR count). The second kappa shape index (κ2) is 8.45. The summed E-state index contributed by atoms with van der Waals surface area (Å²) >= 11 is 0. The SMILES string of the molecule is CCCNC(=O)/C(=N/OC(C)(CC)CC)c1ccccc1. The van der Waals surface area contributed by atoms with Crippen molar-refractivity contribution in [3.8, 4) is 0 Å². The summed E-state index contributed by atoms with van der Waals surface area (Å²) in [6.45, 7) is 8.75. The average Bonchev–Trinajstić information content (AvgIpc) is 2.53. The maximum Gasteiger partial charge on any atom is 0.273 e. The minimum Gasteiger partial charge on any atom is -0.389 e.